The smallest absolute Gasteiger partial charge is 0.273 e. The van der Waals surface area contributed by atoms with Crippen LogP contribution in [0.25, 0.3) is 10.2 Å². The van der Waals surface area contributed by atoms with Crippen LogP contribution in [0.4, 0.5) is 10.8 Å². The zero-order chi connectivity index (χ0) is 22.1. The van der Waals surface area contributed by atoms with Gasteiger partial charge in [-0.05, 0) is 49.6 Å². The summed E-state index contributed by atoms with van der Waals surface area (Å²) in [7, 11) is 0. The van der Waals surface area contributed by atoms with Crippen molar-refractivity contribution in [3.05, 3.63) is 98.6 Å². The van der Waals surface area contributed by atoms with Crippen LogP contribution in [0.3, 0.4) is 0 Å². The summed E-state index contributed by atoms with van der Waals surface area (Å²) in [5.74, 6) is -0.307. The molecule has 0 N–H and O–H groups in total. The number of hydrogen-bond acceptors (Lipinski definition) is 5. The first kappa shape index (κ1) is 20.7. The average Bonchev–Trinajstić information content (AvgIpc) is 3.16. The van der Waals surface area contributed by atoms with Crippen LogP contribution >= 0.6 is 11.3 Å². The number of aryl methyl sites for hydroxylation is 2. The Bertz CT molecular complexity index is 1300. The van der Waals surface area contributed by atoms with Crippen molar-refractivity contribution in [2.24, 2.45) is 0 Å². The number of benzene rings is 3. The number of aromatic nitrogens is 1. The molecular weight excluding hydrogens is 410 g/mol. The van der Waals surface area contributed by atoms with Gasteiger partial charge in [-0.15, -0.1) is 0 Å². The predicted molar refractivity (Wildman–Crippen MR) is 124 cm³/mol. The minimum atomic E-state index is -0.461. The van der Waals surface area contributed by atoms with Gasteiger partial charge in [0.1, 0.15) is 0 Å². The first-order valence-electron chi connectivity index (χ1n) is 9.82. The Labute approximate surface area is 183 Å². The lowest BCUT2D eigenvalue weighted by atomic mass is 10.1. The molecule has 0 fully saturated rings. The summed E-state index contributed by atoms with van der Waals surface area (Å²) in [4.78, 5) is 30.9. The minimum Gasteiger partial charge on any atom is -0.279 e. The number of nitro groups is 1. The Morgan fingerprint density at radius 2 is 1.81 bits per heavy atom. The normalized spacial score (nSPS) is 10.9. The van der Waals surface area contributed by atoms with Crippen molar-refractivity contribution < 1.29 is 9.72 Å². The Balaban J connectivity index is 1.84. The Kier molecular flexibility index (Phi) is 5.52. The fourth-order valence-electron chi connectivity index (χ4n) is 3.67. The molecule has 1 aromatic heterocycles. The number of thiazole rings is 1. The van der Waals surface area contributed by atoms with E-state index in [0.717, 1.165) is 26.9 Å². The topological polar surface area (TPSA) is 76.3 Å². The van der Waals surface area contributed by atoms with Gasteiger partial charge in [-0.25, -0.2) is 4.98 Å². The van der Waals surface area contributed by atoms with Gasteiger partial charge < -0.3 is 0 Å². The number of amides is 1. The van der Waals surface area contributed by atoms with Crippen molar-refractivity contribution in [2.75, 3.05) is 4.90 Å². The maximum Gasteiger partial charge on any atom is 0.273 e. The van der Waals surface area contributed by atoms with Crippen molar-refractivity contribution >= 4 is 38.3 Å². The van der Waals surface area contributed by atoms with E-state index in [-0.39, 0.29) is 11.6 Å². The molecule has 0 aliphatic rings. The van der Waals surface area contributed by atoms with E-state index >= 15 is 0 Å². The number of nitrogens with zero attached hydrogens (tertiary/aromatic N) is 3. The second kappa shape index (κ2) is 8.28. The van der Waals surface area contributed by atoms with E-state index in [4.69, 9.17) is 4.98 Å². The molecule has 0 aliphatic heterocycles. The molecule has 0 spiro atoms. The van der Waals surface area contributed by atoms with Crippen molar-refractivity contribution in [1.82, 2.24) is 4.98 Å². The molecule has 7 heteroatoms. The molecule has 1 amide bonds. The van der Waals surface area contributed by atoms with E-state index in [2.05, 4.69) is 6.07 Å². The molecule has 0 radical (unpaired) electrons. The molecule has 0 unspecified atom stereocenters. The molecule has 0 atom stereocenters. The standard InChI is InChI=1S/C24H21N3O3S/c1-15-12-16(2)22-20(13-15)25-24(31-22)26(14-18-8-5-4-6-9-18)23(28)19-10-7-11-21(17(19)3)27(29)30/h4-13H,14H2,1-3H3. The van der Waals surface area contributed by atoms with Gasteiger partial charge in [0.15, 0.2) is 5.13 Å². The monoisotopic (exact) mass is 431 g/mol. The minimum absolute atomic E-state index is 0.0683. The van der Waals surface area contributed by atoms with Crippen molar-refractivity contribution in [1.29, 1.82) is 0 Å². The summed E-state index contributed by atoms with van der Waals surface area (Å²) in [6, 6.07) is 18.3. The third-order valence-electron chi connectivity index (χ3n) is 5.20. The quantitative estimate of drug-likeness (QED) is 0.288. The summed E-state index contributed by atoms with van der Waals surface area (Å²) in [6.45, 7) is 5.98. The molecule has 0 saturated carbocycles. The fraction of sp³-hybridized carbons (Fsp3) is 0.167. The molecule has 3 aromatic carbocycles. The van der Waals surface area contributed by atoms with Crippen LogP contribution in [0.2, 0.25) is 0 Å². The second-order valence-corrected chi connectivity index (χ2v) is 8.49. The fourth-order valence-corrected chi connectivity index (χ4v) is 4.68. The van der Waals surface area contributed by atoms with E-state index in [0.29, 0.717) is 22.8 Å². The first-order chi connectivity index (χ1) is 14.8. The molecule has 4 aromatic rings. The third-order valence-corrected chi connectivity index (χ3v) is 6.43. The largest absolute Gasteiger partial charge is 0.279 e. The zero-order valence-corrected chi connectivity index (χ0v) is 18.3. The lowest BCUT2D eigenvalue weighted by molar-refractivity contribution is -0.385. The van der Waals surface area contributed by atoms with E-state index in [1.165, 1.54) is 17.4 Å². The van der Waals surface area contributed by atoms with E-state index in [1.54, 1.807) is 24.0 Å². The van der Waals surface area contributed by atoms with Crippen LogP contribution in [0, 0.1) is 30.9 Å². The molecule has 0 saturated heterocycles. The molecule has 1 heterocycles. The van der Waals surface area contributed by atoms with Gasteiger partial charge in [0.2, 0.25) is 0 Å². The summed E-state index contributed by atoms with van der Waals surface area (Å²) in [5.41, 5.74) is 4.60. The predicted octanol–water partition coefficient (Wildman–Crippen LogP) is 5.98. The number of carbonyl (C=O) groups is 1. The van der Waals surface area contributed by atoms with Gasteiger partial charge >= 0.3 is 0 Å². The maximum atomic E-state index is 13.6. The molecular formula is C24H21N3O3S. The first-order valence-corrected chi connectivity index (χ1v) is 10.6. The highest BCUT2D eigenvalue weighted by Gasteiger charge is 2.26. The number of hydrogen-bond donors (Lipinski definition) is 0. The van der Waals surface area contributed by atoms with Crippen LogP contribution in [0.1, 0.15) is 32.6 Å². The van der Waals surface area contributed by atoms with Crippen molar-refractivity contribution in [3.8, 4) is 0 Å². The number of nitro benzene ring substituents is 1. The Morgan fingerprint density at radius 3 is 2.52 bits per heavy atom. The van der Waals surface area contributed by atoms with Crippen LogP contribution < -0.4 is 4.90 Å². The van der Waals surface area contributed by atoms with Gasteiger partial charge in [0, 0.05) is 17.2 Å². The lowest BCUT2D eigenvalue weighted by Crippen LogP contribution is -2.31. The van der Waals surface area contributed by atoms with E-state index in [1.807, 2.05) is 50.2 Å². The van der Waals surface area contributed by atoms with E-state index in [9.17, 15) is 14.9 Å². The highest BCUT2D eigenvalue weighted by Crippen LogP contribution is 2.34. The van der Waals surface area contributed by atoms with Crippen molar-refractivity contribution in [2.45, 2.75) is 27.3 Å². The van der Waals surface area contributed by atoms with Crippen LogP contribution in [-0.4, -0.2) is 15.8 Å². The van der Waals surface area contributed by atoms with Gasteiger partial charge in [-0.3, -0.25) is 19.8 Å². The van der Waals surface area contributed by atoms with Crippen LogP contribution in [0.15, 0.2) is 60.7 Å². The molecule has 4 rings (SSSR count). The van der Waals surface area contributed by atoms with Gasteiger partial charge in [0.25, 0.3) is 11.6 Å². The third kappa shape index (κ3) is 4.04. The number of anilines is 1. The Hall–Kier alpha value is -3.58. The van der Waals surface area contributed by atoms with E-state index < -0.39 is 4.92 Å². The van der Waals surface area contributed by atoms with Gasteiger partial charge in [-0.1, -0.05) is 53.8 Å². The van der Waals surface area contributed by atoms with Gasteiger partial charge in [-0.2, -0.15) is 0 Å². The Morgan fingerprint density at radius 1 is 1.06 bits per heavy atom. The number of carbonyl (C=O) groups excluding carboxylic acids is 1. The summed E-state index contributed by atoms with van der Waals surface area (Å²) < 4.78 is 1.03. The maximum absolute atomic E-state index is 13.6. The zero-order valence-electron chi connectivity index (χ0n) is 17.5. The summed E-state index contributed by atoms with van der Waals surface area (Å²) in [5, 5.41) is 12.0. The van der Waals surface area contributed by atoms with Gasteiger partial charge in [0.05, 0.1) is 21.7 Å². The molecule has 31 heavy (non-hydrogen) atoms. The number of rotatable bonds is 5. The second-order valence-electron chi connectivity index (χ2n) is 7.51. The average molecular weight is 432 g/mol. The van der Waals surface area contributed by atoms with Crippen molar-refractivity contribution in [3.63, 3.8) is 0 Å². The highest BCUT2D eigenvalue weighted by molar-refractivity contribution is 7.22. The summed E-state index contributed by atoms with van der Waals surface area (Å²) in [6.07, 6.45) is 0. The molecule has 156 valence electrons. The highest BCUT2D eigenvalue weighted by atomic mass is 32.1. The van der Waals surface area contributed by atoms with Crippen LogP contribution in [-0.2, 0) is 6.54 Å². The molecule has 6 nitrogen and oxygen atoms in total. The van der Waals surface area contributed by atoms with Crippen LogP contribution in [0.5, 0.6) is 0 Å². The summed E-state index contributed by atoms with van der Waals surface area (Å²) >= 11 is 1.46. The number of fused-ring (bicyclic) bond motifs is 1. The molecule has 0 bridgehead atoms. The molecule has 0 aliphatic carbocycles. The SMILES string of the molecule is Cc1cc(C)c2sc(N(Cc3ccccc3)C(=O)c3cccc([N+](=O)[O-])c3C)nc2c1. The lowest BCUT2D eigenvalue weighted by Gasteiger charge is -2.21.